The lowest BCUT2D eigenvalue weighted by atomic mass is 10.1. The molecule has 0 aromatic heterocycles. The monoisotopic (exact) mass is 228 g/mol. The Morgan fingerprint density at radius 2 is 2.08 bits per heavy atom. The highest BCUT2D eigenvalue weighted by Gasteiger charge is 2.08. The van der Waals surface area contributed by atoms with E-state index < -0.39 is 0 Å². The lowest BCUT2D eigenvalue weighted by Crippen LogP contribution is -1.96. The summed E-state index contributed by atoms with van der Waals surface area (Å²) in [6.45, 7) is 2.07. The highest BCUT2D eigenvalue weighted by atomic mass is 79.9. The second-order valence-corrected chi connectivity index (χ2v) is 3.68. The summed E-state index contributed by atoms with van der Waals surface area (Å²) in [4.78, 5) is 0. The third-order valence-corrected chi connectivity index (χ3v) is 2.55. The number of aliphatic hydroxyl groups is 1. The van der Waals surface area contributed by atoms with Crippen LogP contribution in [0.5, 0.6) is 0 Å². The van der Waals surface area contributed by atoms with Crippen LogP contribution < -0.4 is 0 Å². The van der Waals surface area contributed by atoms with Crippen molar-refractivity contribution in [3.05, 3.63) is 34.3 Å². The third-order valence-electron chi connectivity index (χ3n) is 1.83. The van der Waals surface area contributed by atoms with Gasteiger partial charge in [0.2, 0.25) is 0 Å². The lowest BCUT2D eigenvalue weighted by Gasteiger charge is -2.10. The van der Waals surface area contributed by atoms with Gasteiger partial charge in [0.15, 0.2) is 0 Å². The van der Waals surface area contributed by atoms with Gasteiger partial charge in [0.1, 0.15) is 0 Å². The third kappa shape index (κ3) is 2.32. The smallest absolute Gasteiger partial charge is 0.0800 e. The van der Waals surface area contributed by atoms with Crippen molar-refractivity contribution in [3.8, 4) is 0 Å². The first-order chi connectivity index (χ1) is 5.75. The van der Waals surface area contributed by atoms with Crippen LogP contribution >= 0.6 is 15.9 Å². The number of rotatable bonds is 3. The maximum Gasteiger partial charge on any atom is 0.0800 e. The van der Waals surface area contributed by atoms with Crippen LogP contribution in [-0.4, -0.2) is 5.11 Å². The van der Waals surface area contributed by atoms with Crippen molar-refractivity contribution >= 4 is 15.9 Å². The van der Waals surface area contributed by atoms with E-state index in [-0.39, 0.29) is 6.10 Å². The van der Waals surface area contributed by atoms with Gasteiger partial charge >= 0.3 is 0 Å². The van der Waals surface area contributed by atoms with Crippen molar-refractivity contribution in [2.24, 2.45) is 0 Å². The number of halogens is 1. The molecule has 1 unspecified atom stereocenters. The molecule has 0 saturated carbocycles. The predicted molar refractivity (Wildman–Crippen MR) is 54.0 cm³/mol. The van der Waals surface area contributed by atoms with E-state index >= 15 is 0 Å². The molecule has 2 heteroatoms. The predicted octanol–water partition coefficient (Wildman–Crippen LogP) is 3.28. The summed E-state index contributed by atoms with van der Waals surface area (Å²) in [6.07, 6.45) is 1.50. The van der Waals surface area contributed by atoms with Crippen LogP contribution in [0.2, 0.25) is 0 Å². The number of aliphatic hydroxyl groups excluding tert-OH is 1. The highest BCUT2D eigenvalue weighted by Crippen LogP contribution is 2.25. The van der Waals surface area contributed by atoms with E-state index in [1.807, 2.05) is 24.3 Å². The fourth-order valence-electron chi connectivity index (χ4n) is 1.17. The van der Waals surface area contributed by atoms with E-state index in [4.69, 9.17) is 0 Å². The summed E-state index contributed by atoms with van der Waals surface area (Å²) in [5, 5.41) is 9.67. The summed E-state index contributed by atoms with van der Waals surface area (Å²) in [7, 11) is 0. The average molecular weight is 229 g/mol. The molecule has 0 aliphatic rings. The Hall–Kier alpha value is -0.340. The van der Waals surface area contributed by atoms with E-state index in [1.165, 1.54) is 0 Å². The van der Waals surface area contributed by atoms with Crippen LogP contribution in [0, 0.1) is 0 Å². The Labute approximate surface area is 81.6 Å². The standard InChI is InChI=1S/C10H13BrO/c1-2-5-10(12)8-6-3-4-7-9(8)11/h3-4,6-7,10,12H,2,5H2,1H3. The molecule has 0 aliphatic heterocycles. The molecule has 0 fully saturated rings. The molecule has 1 atom stereocenters. The second-order valence-electron chi connectivity index (χ2n) is 2.83. The zero-order valence-corrected chi connectivity index (χ0v) is 8.71. The van der Waals surface area contributed by atoms with Crippen molar-refractivity contribution in [1.29, 1.82) is 0 Å². The summed E-state index contributed by atoms with van der Waals surface area (Å²) in [6, 6.07) is 7.80. The highest BCUT2D eigenvalue weighted by molar-refractivity contribution is 9.10. The summed E-state index contributed by atoms with van der Waals surface area (Å²) >= 11 is 3.41. The Balaban J connectivity index is 2.79. The number of benzene rings is 1. The molecule has 12 heavy (non-hydrogen) atoms. The van der Waals surface area contributed by atoms with Gasteiger partial charge in [-0.25, -0.2) is 0 Å². The Morgan fingerprint density at radius 1 is 1.42 bits per heavy atom. The van der Waals surface area contributed by atoms with Crippen molar-refractivity contribution in [2.75, 3.05) is 0 Å². The first-order valence-corrected chi connectivity index (χ1v) is 4.97. The summed E-state index contributed by atoms with van der Waals surface area (Å²) in [5.41, 5.74) is 0.986. The zero-order chi connectivity index (χ0) is 8.97. The number of hydrogen-bond acceptors (Lipinski definition) is 1. The fourth-order valence-corrected chi connectivity index (χ4v) is 1.72. The Kier molecular flexibility index (Phi) is 3.76. The van der Waals surface area contributed by atoms with E-state index in [2.05, 4.69) is 22.9 Å². The van der Waals surface area contributed by atoms with E-state index in [0.29, 0.717) is 0 Å². The molecule has 1 N–H and O–H groups in total. The van der Waals surface area contributed by atoms with Gasteiger partial charge in [0, 0.05) is 4.47 Å². The SMILES string of the molecule is CCCC(O)c1ccccc1Br. The van der Waals surface area contributed by atoms with Gasteiger partial charge in [-0.05, 0) is 18.1 Å². The molecule has 0 spiro atoms. The van der Waals surface area contributed by atoms with E-state index in [0.717, 1.165) is 22.9 Å². The van der Waals surface area contributed by atoms with Gasteiger partial charge in [-0.1, -0.05) is 47.5 Å². The first kappa shape index (κ1) is 9.75. The molecular weight excluding hydrogens is 216 g/mol. The van der Waals surface area contributed by atoms with Crippen LogP contribution in [0.15, 0.2) is 28.7 Å². The molecule has 0 amide bonds. The number of hydrogen-bond donors (Lipinski definition) is 1. The zero-order valence-electron chi connectivity index (χ0n) is 7.13. The van der Waals surface area contributed by atoms with Crippen molar-refractivity contribution < 1.29 is 5.11 Å². The molecule has 0 aliphatic carbocycles. The van der Waals surface area contributed by atoms with Crippen molar-refractivity contribution in [3.63, 3.8) is 0 Å². The normalized spacial score (nSPS) is 12.9. The van der Waals surface area contributed by atoms with Gasteiger partial charge in [-0.3, -0.25) is 0 Å². The minimum absolute atomic E-state index is 0.328. The molecular formula is C10H13BrO. The fraction of sp³-hybridized carbons (Fsp3) is 0.400. The molecule has 66 valence electrons. The van der Waals surface area contributed by atoms with Gasteiger partial charge in [-0.2, -0.15) is 0 Å². The molecule has 0 bridgehead atoms. The van der Waals surface area contributed by atoms with Crippen LogP contribution in [0.4, 0.5) is 0 Å². The lowest BCUT2D eigenvalue weighted by molar-refractivity contribution is 0.165. The van der Waals surface area contributed by atoms with E-state index in [9.17, 15) is 5.11 Å². The molecule has 1 aromatic rings. The Bertz CT molecular complexity index is 247. The van der Waals surface area contributed by atoms with Gasteiger partial charge in [-0.15, -0.1) is 0 Å². The van der Waals surface area contributed by atoms with Crippen LogP contribution in [-0.2, 0) is 0 Å². The van der Waals surface area contributed by atoms with Gasteiger partial charge < -0.3 is 5.11 Å². The molecule has 0 saturated heterocycles. The minimum Gasteiger partial charge on any atom is -0.388 e. The van der Waals surface area contributed by atoms with Crippen molar-refractivity contribution in [1.82, 2.24) is 0 Å². The molecule has 0 radical (unpaired) electrons. The van der Waals surface area contributed by atoms with Crippen LogP contribution in [0.1, 0.15) is 31.4 Å². The first-order valence-electron chi connectivity index (χ1n) is 4.18. The molecule has 0 heterocycles. The van der Waals surface area contributed by atoms with Crippen LogP contribution in [0.3, 0.4) is 0 Å². The molecule has 1 aromatic carbocycles. The summed E-state index contributed by atoms with van der Waals surface area (Å²) < 4.78 is 0.992. The minimum atomic E-state index is -0.328. The van der Waals surface area contributed by atoms with Crippen LogP contribution in [0.25, 0.3) is 0 Å². The quantitative estimate of drug-likeness (QED) is 0.843. The molecule has 1 rings (SSSR count). The topological polar surface area (TPSA) is 20.2 Å². The molecule has 1 nitrogen and oxygen atoms in total. The van der Waals surface area contributed by atoms with Gasteiger partial charge in [0.25, 0.3) is 0 Å². The largest absolute Gasteiger partial charge is 0.388 e. The van der Waals surface area contributed by atoms with Crippen molar-refractivity contribution in [2.45, 2.75) is 25.9 Å². The summed E-state index contributed by atoms with van der Waals surface area (Å²) in [5.74, 6) is 0. The maximum absolute atomic E-state index is 9.67. The second kappa shape index (κ2) is 4.63. The van der Waals surface area contributed by atoms with Gasteiger partial charge in [0.05, 0.1) is 6.10 Å². The average Bonchev–Trinajstić information content (AvgIpc) is 2.05. The van der Waals surface area contributed by atoms with E-state index in [1.54, 1.807) is 0 Å². The Morgan fingerprint density at radius 3 is 2.67 bits per heavy atom. The maximum atomic E-state index is 9.67.